The Kier molecular flexibility index (Phi) is 6.87. The quantitative estimate of drug-likeness (QED) is 0.419. The van der Waals surface area contributed by atoms with Crippen LogP contribution >= 0.6 is 0 Å². The monoisotopic (exact) mass is 476 g/mol. The zero-order valence-electron chi connectivity index (χ0n) is 20.5. The summed E-state index contributed by atoms with van der Waals surface area (Å²) in [5.74, 6) is 7.51. The molecule has 1 aliphatic rings. The van der Waals surface area contributed by atoms with E-state index >= 15 is 0 Å². The van der Waals surface area contributed by atoms with Gasteiger partial charge in [0.15, 0.2) is 0 Å². The van der Waals surface area contributed by atoms with Gasteiger partial charge in [-0.2, -0.15) is 0 Å². The molecule has 2 N–H and O–H groups in total. The number of nitrogens with one attached hydrogen (secondary N) is 2. The first-order valence-electron chi connectivity index (χ1n) is 12.2. The van der Waals surface area contributed by atoms with Crippen LogP contribution in [0.1, 0.15) is 31.0 Å². The second kappa shape index (κ2) is 10.5. The van der Waals surface area contributed by atoms with Crippen LogP contribution in [0.5, 0.6) is 0 Å². The van der Waals surface area contributed by atoms with Crippen LogP contribution in [0.2, 0.25) is 0 Å². The predicted octanol–water partition coefficient (Wildman–Crippen LogP) is 4.24. The van der Waals surface area contributed by atoms with Crippen LogP contribution in [0.4, 0.5) is 11.8 Å². The van der Waals surface area contributed by atoms with Crippen molar-refractivity contribution in [1.82, 2.24) is 20.3 Å². The van der Waals surface area contributed by atoms with E-state index in [4.69, 9.17) is 0 Å². The highest BCUT2D eigenvalue weighted by atomic mass is 16.2. The first kappa shape index (κ1) is 23.5. The van der Waals surface area contributed by atoms with Crippen LogP contribution in [-0.4, -0.2) is 47.0 Å². The number of hydrogen-bond donors (Lipinski definition) is 2. The highest BCUT2D eigenvalue weighted by molar-refractivity contribution is 5.94. The molecule has 2 aromatic carbocycles. The number of carbonyl (C=O) groups is 1. The Balaban J connectivity index is 1.50. The zero-order valence-corrected chi connectivity index (χ0v) is 20.5. The topological polar surface area (TPSA) is 83.0 Å². The van der Waals surface area contributed by atoms with Crippen molar-refractivity contribution < 1.29 is 4.79 Å². The summed E-state index contributed by atoms with van der Waals surface area (Å²) < 4.78 is 0. The van der Waals surface area contributed by atoms with Gasteiger partial charge in [0.05, 0.1) is 6.04 Å². The van der Waals surface area contributed by atoms with Crippen LogP contribution in [0, 0.1) is 11.8 Å². The molecule has 7 heteroatoms. The number of hydrogen-bond acceptors (Lipinski definition) is 6. The molecule has 0 spiro atoms. The number of carbonyl (C=O) groups excluding carboxylic acids is 1. The van der Waals surface area contributed by atoms with Crippen molar-refractivity contribution in [3.8, 4) is 23.0 Å². The normalized spacial score (nSPS) is 13.8. The third-order valence-corrected chi connectivity index (χ3v) is 6.39. The van der Waals surface area contributed by atoms with E-state index in [0.29, 0.717) is 11.5 Å². The fourth-order valence-electron chi connectivity index (χ4n) is 4.16. The van der Waals surface area contributed by atoms with Crippen LogP contribution in [0.15, 0.2) is 67.0 Å². The number of rotatable bonds is 5. The number of anilines is 2. The lowest BCUT2D eigenvalue weighted by molar-refractivity contribution is -0.117. The average Bonchev–Trinajstić information content (AvgIpc) is 3.47. The van der Waals surface area contributed by atoms with E-state index in [-0.39, 0.29) is 11.9 Å². The molecule has 1 unspecified atom stereocenters. The van der Waals surface area contributed by atoms with Crippen molar-refractivity contribution >= 4 is 28.4 Å². The molecular weight excluding hydrogens is 448 g/mol. The lowest BCUT2D eigenvalue weighted by Gasteiger charge is -2.15. The van der Waals surface area contributed by atoms with E-state index in [1.807, 2.05) is 36.7 Å². The van der Waals surface area contributed by atoms with E-state index in [9.17, 15) is 4.79 Å². The van der Waals surface area contributed by atoms with Crippen molar-refractivity contribution in [3.63, 3.8) is 0 Å². The molecule has 7 nitrogen and oxygen atoms in total. The van der Waals surface area contributed by atoms with E-state index < -0.39 is 0 Å². The lowest BCUT2D eigenvalue weighted by Crippen LogP contribution is -2.35. The summed E-state index contributed by atoms with van der Waals surface area (Å²) in [4.78, 5) is 28.5. The minimum absolute atomic E-state index is 0.163. The molecule has 0 saturated carbocycles. The van der Waals surface area contributed by atoms with Crippen LogP contribution in [0.25, 0.3) is 21.9 Å². The largest absolute Gasteiger partial charge is 0.341 e. The summed E-state index contributed by atoms with van der Waals surface area (Å²) in [6, 6.07) is 17.7. The third kappa shape index (κ3) is 5.19. The van der Waals surface area contributed by atoms with Crippen LogP contribution in [0.3, 0.4) is 0 Å². The Labute approximate surface area is 211 Å². The van der Waals surface area contributed by atoms with Gasteiger partial charge in [-0.25, -0.2) is 15.0 Å². The Bertz CT molecular complexity index is 1450. The molecule has 5 rings (SSSR count). The second-order valence-electron chi connectivity index (χ2n) is 8.87. The van der Waals surface area contributed by atoms with E-state index in [1.165, 1.54) is 18.2 Å². The number of benzene rings is 2. The van der Waals surface area contributed by atoms with E-state index in [1.54, 1.807) is 20.0 Å². The van der Waals surface area contributed by atoms with Gasteiger partial charge in [-0.15, -0.1) is 0 Å². The Morgan fingerprint density at radius 1 is 0.972 bits per heavy atom. The molecule has 1 amide bonds. The molecule has 1 fully saturated rings. The van der Waals surface area contributed by atoms with Gasteiger partial charge in [-0.3, -0.25) is 4.79 Å². The fourth-order valence-corrected chi connectivity index (χ4v) is 4.16. The second-order valence-corrected chi connectivity index (χ2v) is 8.87. The standard InChI is InChI=1S/C29H28N6O/c1-20(30-2)28(36)34-27-14-12-25(24-18-31-29(32-19-24)35-15-5-6-16-35)26(33-27)13-10-21-9-11-22-7-3-4-8-23(22)17-21/h3-4,7-9,11-12,14,17-20,30H,5-6,15-16H2,1-2H3,(H,33,34,36). The predicted molar refractivity (Wildman–Crippen MR) is 144 cm³/mol. The maximum atomic E-state index is 12.4. The number of likely N-dealkylation sites (N-methyl/N-ethyl adjacent to an activating group) is 1. The highest BCUT2D eigenvalue weighted by Crippen LogP contribution is 2.25. The molecule has 1 atom stereocenters. The molecule has 4 aromatic rings. The smallest absolute Gasteiger partial charge is 0.242 e. The van der Waals surface area contributed by atoms with Crippen molar-refractivity contribution in [2.75, 3.05) is 30.4 Å². The van der Waals surface area contributed by atoms with Gasteiger partial charge in [0.1, 0.15) is 11.5 Å². The molecule has 0 bridgehead atoms. The molecule has 0 aliphatic carbocycles. The molecule has 1 saturated heterocycles. The minimum atomic E-state index is -0.342. The summed E-state index contributed by atoms with van der Waals surface area (Å²) in [6.45, 7) is 3.77. The SMILES string of the molecule is CNC(C)C(=O)Nc1ccc(-c2cnc(N3CCCC3)nc2)c(C#Cc2ccc3ccccc3c2)n1. The maximum absolute atomic E-state index is 12.4. The van der Waals surface area contributed by atoms with Gasteiger partial charge >= 0.3 is 0 Å². The van der Waals surface area contributed by atoms with Crippen molar-refractivity contribution in [1.29, 1.82) is 0 Å². The number of aromatic nitrogens is 3. The van der Waals surface area contributed by atoms with E-state index in [0.717, 1.165) is 41.1 Å². The minimum Gasteiger partial charge on any atom is -0.341 e. The van der Waals surface area contributed by atoms with Crippen LogP contribution < -0.4 is 15.5 Å². The number of fused-ring (bicyclic) bond motifs is 1. The number of amides is 1. The molecule has 0 radical (unpaired) electrons. The molecule has 3 heterocycles. The van der Waals surface area contributed by atoms with Crippen molar-refractivity contribution in [2.24, 2.45) is 0 Å². The molecule has 2 aromatic heterocycles. The molecule has 1 aliphatic heterocycles. The van der Waals surface area contributed by atoms with Crippen molar-refractivity contribution in [3.05, 3.63) is 78.2 Å². The highest BCUT2D eigenvalue weighted by Gasteiger charge is 2.16. The van der Waals surface area contributed by atoms with Crippen LogP contribution in [-0.2, 0) is 4.79 Å². The van der Waals surface area contributed by atoms with Gasteiger partial charge in [-0.05, 0) is 67.8 Å². The summed E-state index contributed by atoms with van der Waals surface area (Å²) in [5, 5.41) is 8.10. The van der Waals surface area contributed by atoms with Gasteiger partial charge in [0.25, 0.3) is 0 Å². The Morgan fingerprint density at radius 2 is 1.72 bits per heavy atom. The molecule has 180 valence electrons. The first-order valence-corrected chi connectivity index (χ1v) is 12.2. The van der Waals surface area contributed by atoms with Gasteiger partial charge in [0, 0.05) is 42.2 Å². The summed E-state index contributed by atoms with van der Waals surface area (Å²) >= 11 is 0. The Hall–Kier alpha value is -4.28. The average molecular weight is 477 g/mol. The van der Waals surface area contributed by atoms with E-state index in [2.05, 4.69) is 66.6 Å². The third-order valence-electron chi connectivity index (χ3n) is 6.39. The van der Waals surface area contributed by atoms with Gasteiger partial charge in [0.2, 0.25) is 11.9 Å². The van der Waals surface area contributed by atoms with Crippen molar-refractivity contribution in [2.45, 2.75) is 25.8 Å². The number of nitrogens with zero attached hydrogens (tertiary/aromatic N) is 4. The number of pyridine rings is 1. The van der Waals surface area contributed by atoms with Gasteiger partial charge in [-0.1, -0.05) is 36.3 Å². The van der Waals surface area contributed by atoms with Gasteiger partial charge < -0.3 is 15.5 Å². The maximum Gasteiger partial charge on any atom is 0.242 e. The lowest BCUT2D eigenvalue weighted by atomic mass is 10.1. The first-order chi connectivity index (χ1) is 17.6. The summed E-state index contributed by atoms with van der Waals surface area (Å²) in [7, 11) is 1.74. The summed E-state index contributed by atoms with van der Waals surface area (Å²) in [6.07, 6.45) is 5.98. The molecule has 36 heavy (non-hydrogen) atoms. The Morgan fingerprint density at radius 3 is 2.47 bits per heavy atom. The summed E-state index contributed by atoms with van der Waals surface area (Å²) in [5.41, 5.74) is 3.08. The fraction of sp³-hybridized carbons (Fsp3) is 0.241. The zero-order chi connectivity index (χ0) is 24.9. The molecular formula is C29H28N6O.